The highest BCUT2D eigenvalue weighted by Gasteiger charge is 2.34. The first kappa shape index (κ1) is 20.2. The molecule has 0 spiro atoms. The number of carbonyl (C=O) groups is 1. The number of likely N-dealkylation sites (tertiary alicyclic amines) is 1. The number of amides is 1. The summed E-state index contributed by atoms with van der Waals surface area (Å²) in [5, 5.41) is 14.9. The van der Waals surface area contributed by atoms with Gasteiger partial charge in [0.2, 0.25) is 5.91 Å². The molecule has 3 heterocycles. The normalized spacial score (nSPS) is 22.1. The fourth-order valence-electron chi connectivity index (χ4n) is 5.17. The predicted molar refractivity (Wildman–Crippen MR) is 117 cm³/mol. The number of aromatic nitrogens is 1. The second-order valence-electron chi connectivity index (χ2n) is 8.48. The Morgan fingerprint density at radius 2 is 2.07 bits per heavy atom. The standard InChI is InChI=1S/C23H30N4OS/c1-16-17(2)27(14-19-9-6-12-29-19)23(20(16)13-24)25-22(28)15-26-11-5-8-18-7-3-4-10-21(18)26/h6,9,12,18,21H,3-5,7-8,10-11,14-15H2,1-2H3,(H,25,28)/t18-,21-/m1/s1. The van der Waals surface area contributed by atoms with Gasteiger partial charge in [0.05, 0.1) is 18.7 Å². The van der Waals surface area contributed by atoms with Gasteiger partial charge in [-0.15, -0.1) is 11.3 Å². The van der Waals surface area contributed by atoms with Crippen LogP contribution in [0.2, 0.25) is 0 Å². The van der Waals surface area contributed by atoms with Gasteiger partial charge >= 0.3 is 0 Å². The van der Waals surface area contributed by atoms with Crippen LogP contribution in [-0.4, -0.2) is 34.5 Å². The number of rotatable bonds is 5. The topological polar surface area (TPSA) is 61.1 Å². The highest BCUT2D eigenvalue weighted by Crippen LogP contribution is 2.35. The summed E-state index contributed by atoms with van der Waals surface area (Å²) in [6, 6.07) is 6.99. The molecule has 5 nitrogen and oxygen atoms in total. The SMILES string of the molecule is Cc1c(C#N)c(NC(=O)CN2CCC[C@H]3CCCC[C@H]32)n(Cc2cccs2)c1C. The minimum absolute atomic E-state index is 0.00217. The summed E-state index contributed by atoms with van der Waals surface area (Å²) >= 11 is 1.69. The molecule has 0 aromatic carbocycles. The maximum atomic E-state index is 13.0. The average Bonchev–Trinajstić information content (AvgIpc) is 3.31. The van der Waals surface area contributed by atoms with Crippen molar-refractivity contribution in [2.45, 2.75) is 65.0 Å². The maximum absolute atomic E-state index is 13.0. The second kappa shape index (κ2) is 8.73. The first-order chi connectivity index (χ1) is 14.1. The molecule has 2 atom stereocenters. The molecule has 1 aliphatic carbocycles. The zero-order chi connectivity index (χ0) is 20.4. The van der Waals surface area contributed by atoms with E-state index < -0.39 is 0 Å². The molecular formula is C23H30N4OS. The number of hydrogen-bond acceptors (Lipinski definition) is 4. The Labute approximate surface area is 177 Å². The van der Waals surface area contributed by atoms with Crippen molar-refractivity contribution in [2.24, 2.45) is 5.92 Å². The molecule has 2 aromatic rings. The first-order valence-electron chi connectivity index (χ1n) is 10.7. The number of carbonyl (C=O) groups excluding carboxylic acids is 1. The molecule has 1 amide bonds. The van der Waals surface area contributed by atoms with Crippen molar-refractivity contribution in [3.8, 4) is 6.07 Å². The number of thiophene rings is 1. The van der Waals surface area contributed by atoms with E-state index in [1.807, 2.05) is 19.9 Å². The van der Waals surface area contributed by atoms with Crippen molar-refractivity contribution in [3.63, 3.8) is 0 Å². The van der Waals surface area contributed by atoms with Crippen molar-refractivity contribution >= 4 is 23.1 Å². The van der Waals surface area contributed by atoms with Crippen molar-refractivity contribution in [2.75, 3.05) is 18.4 Å². The van der Waals surface area contributed by atoms with Crippen LogP contribution in [0, 0.1) is 31.1 Å². The summed E-state index contributed by atoms with van der Waals surface area (Å²) in [5.74, 6) is 1.41. The van der Waals surface area contributed by atoms with E-state index in [0.29, 0.717) is 30.5 Å². The summed E-state index contributed by atoms with van der Waals surface area (Å²) in [6.07, 6.45) is 7.63. The van der Waals surface area contributed by atoms with Crippen LogP contribution in [0.3, 0.4) is 0 Å². The molecular weight excluding hydrogens is 380 g/mol. The Kier molecular flexibility index (Phi) is 6.07. The van der Waals surface area contributed by atoms with Gasteiger partial charge in [0.25, 0.3) is 0 Å². The summed E-state index contributed by atoms with van der Waals surface area (Å²) in [4.78, 5) is 16.6. The number of fused-ring (bicyclic) bond motifs is 1. The highest BCUT2D eigenvalue weighted by atomic mass is 32.1. The van der Waals surface area contributed by atoms with Gasteiger partial charge in [-0.3, -0.25) is 9.69 Å². The molecule has 1 saturated heterocycles. The van der Waals surface area contributed by atoms with Gasteiger partial charge in [0.15, 0.2) is 0 Å². The number of nitrogens with one attached hydrogen (secondary N) is 1. The second-order valence-corrected chi connectivity index (χ2v) is 9.52. The smallest absolute Gasteiger partial charge is 0.239 e. The lowest BCUT2D eigenvalue weighted by molar-refractivity contribution is -0.119. The maximum Gasteiger partial charge on any atom is 0.239 e. The zero-order valence-electron chi connectivity index (χ0n) is 17.4. The van der Waals surface area contributed by atoms with Gasteiger partial charge in [-0.25, -0.2) is 0 Å². The van der Waals surface area contributed by atoms with E-state index in [2.05, 4.69) is 32.3 Å². The van der Waals surface area contributed by atoms with E-state index in [-0.39, 0.29) is 5.91 Å². The summed E-state index contributed by atoms with van der Waals surface area (Å²) < 4.78 is 2.08. The molecule has 29 heavy (non-hydrogen) atoms. The van der Waals surface area contributed by atoms with Gasteiger partial charge in [0.1, 0.15) is 11.9 Å². The van der Waals surface area contributed by atoms with Crippen LogP contribution in [0.1, 0.15) is 60.2 Å². The number of hydrogen-bond donors (Lipinski definition) is 1. The predicted octanol–water partition coefficient (Wildman–Crippen LogP) is 4.68. The van der Waals surface area contributed by atoms with Gasteiger partial charge in [-0.05, 0) is 69.0 Å². The fraction of sp³-hybridized carbons (Fsp3) is 0.565. The first-order valence-corrected chi connectivity index (χ1v) is 11.6. The molecule has 1 saturated carbocycles. The molecule has 2 aromatic heterocycles. The van der Waals surface area contributed by atoms with Crippen LogP contribution in [0.15, 0.2) is 17.5 Å². The van der Waals surface area contributed by atoms with Gasteiger partial charge in [-0.1, -0.05) is 18.9 Å². The molecule has 154 valence electrons. The molecule has 0 unspecified atom stereocenters. The Hall–Kier alpha value is -2.10. The quantitative estimate of drug-likeness (QED) is 0.778. The van der Waals surface area contributed by atoms with Gasteiger partial charge < -0.3 is 9.88 Å². The van der Waals surface area contributed by atoms with Crippen molar-refractivity contribution in [3.05, 3.63) is 39.2 Å². The number of anilines is 1. The molecule has 6 heteroatoms. The molecule has 2 aliphatic rings. The van der Waals surface area contributed by atoms with Crippen LogP contribution < -0.4 is 5.32 Å². The summed E-state index contributed by atoms with van der Waals surface area (Å²) in [7, 11) is 0. The fourth-order valence-corrected chi connectivity index (χ4v) is 5.86. The minimum Gasteiger partial charge on any atom is -0.325 e. The lowest BCUT2D eigenvalue weighted by Crippen LogP contribution is -2.49. The number of piperidine rings is 1. The lowest BCUT2D eigenvalue weighted by atomic mass is 9.78. The monoisotopic (exact) mass is 410 g/mol. The Morgan fingerprint density at radius 3 is 2.83 bits per heavy atom. The summed E-state index contributed by atoms with van der Waals surface area (Å²) in [6.45, 7) is 6.10. The zero-order valence-corrected chi connectivity index (χ0v) is 18.2. The Morgan fingerprint density at radius 1 is 1.28 bits per heavy atom. The molecule has 0 radical (unpaired) electrons. The molecule has 1 aliphatic heterocycles. The van der Waals surface area contributed by atoms with E-state index in [1.165, 1.54) is 43.4 Å². The summed E-state index contributed by atoms with van der Waals surface area (Å²) in [5.41, 5.74) is 2.57. The lowest BCUT2D eigenvalue weighted by Gasteiger charge is -2.43. The van der Waals surface area contributed by atoms with Crippen LogP contribution in [0.25, 0.3) is 0 Å². The van der Waals surface area contributed by atoms with Crippen LogP contribution in [0.5, 0.6) is 0 Å². The number of nitrogens with zero attached hydrogens (tertiary/aromatic N) is 3. The third-order valence-corrected chi connectivity index (χ3v) is 7.66. The van der Waals surface area contributed by atoms with Crippen molar-refractivity contribution in [1.29, 1.82) is 5.26 Å². The van der Waals surface area contributed by atoms with Crippen molar-refractivity contribution < 1.29 is 4.79 Å². The highest BCUT2D eigenvalue weighted by molar-refractivity contribution is 7.09. The Balaban J connectivity index is 1.53. The van der Waals surface area contributed by atoms with Crippen LogP contribution in [0.4, 0.5) is 5.82 Å². The third kappa shape index (κ3) is 4.12. The van der Waals surface area contributed by atoms with Gasteiger partial charge in [-0.2, -0.15) is 5.26 Å². The van der Waals surface area contributed by atoms with E-state index in [4.69, 9.17) is 0 Å². The largest absolute Gasteiger partial charge is 0.325 e. The van der Waals surface area contributed by atoms with Gasteiger partial charge in [0, 0.05) is 16.6 Å². The minimum atomic E-state index is -0.00217. The van der Waals surface area contributed by atoms with E-state index in [1.54, 1.807) is 11.3 Å². The van der Waals surface area contributed by atoms with E-state index in [0.717, 1.165) is 23.7 Å². The van der Waals surface area contributed by atoms with Crippen LogP contribution >= 0.6 is 11.3 Å². The van der Waals surface area contributed by atoms with E-state index >= 15 is 0 Å². The molecule has 4 rings (SSSR count). The van der Waals surface area contributed by atoms with Crippen LogP contribution in [-0.2, 0) is 11.3 Å². The number of nitriles is 1. The molecule has 1 N–H and O–H groups in total. The average molecular weight is 411 g/mol. The molecule has 2 fully saturated rings. The van der Waals surface area contributed by atoms with Crippen molar-refractivity contribution in [1.82, 2.24) is 9.47 Å². The van der Waals surface area contributed by atoms with E-state index in [9.17, 15) is 10.1 Å². The molecule has 0 bridgehead atoms. The Bertz CT molecular complexity index is 906. The third-order valence-electron chi connectivity index (χ3n) is 6.80.